The Morgan fingerprint density at radius 1 is 1.03 bits per heavy atom. The van der Waals surface area contributed by atoms with Crippen LogP contribution in [0, 0.1) is 0 Å². The number of hydrogen-bond donors (Lipinski definition) is 3. The molecule has 0 aliphatic carbocycles. The Morgan fingerprint density at radius 2 is 1.74 bits per heavy atom. The molecule has 0 aliphatic rings. The minimum Gasteiger partial charge on any atom is -0.484 e. The van der Waals surface area contributed by atoms with Crippen LogP contribution in [0.3, 0.4) is 0 Å². The fraction of sp³-hybridized carbons (Fsp3) is 0.400. The van der Waals surface area contributed by atoms with Gasteiger partial charge in [-0.3, -0.25) is 14.4 Å². The molecule has 9 nitrogen and oxygen atoms in total. The molecule has 184 valence electrons. The molecule has 9 heteroatoms. The first-order valence-electron chi connectivity index (χ1n) is 10.9. The second-order valence-electron chi connectivity index (χ2n) is 8.40. The summed E-state index contributed by atoms with van der Waals surface area (Å²) >= 11 is 0. The van der Waals surface area contributed by atoms with Gasteiger partial charge in [0, 0.05) is 38.0 Å². The summed E-state index contributed by atoms with van der Waals surface area (Å²) in [5, 5.41) is 16.7. The zero-order chi connectivity index (χ0) is 25.1. The molecule has 1 amide bonds. The Hall–Kier alpha value is -3.43. The van der Waals surface area contributed by atoms with Crippen LogP contribution in [0.25, 0.3) is 0 Å². The number of amides is 1. The van der Waals surface area contributed by atoms with Gasteiger partial charge in [0.1, 0.15) is 18.1 Å². The van der Waals surface area contributed by atoms with Gasteiger partial charge in [-0.1, -0.05) is 24.3 Å². The molecule has 2 rings (SSSR count). The lowest BCUT2D eigenvalue weighted by atomic mass is 10.0. The van der Waals surface area contributed by atoms with Crippen molar-refractivity contribution < 1.29 is 33.7 Å². The van der Waals surface area contributed by atoms with Crippen LogP contribution in [-0.4, -0.2) is 48.2 Å². The Morgan fingerprint density at radius 3 is 2.38 bits per heavy atom. The van der Waals surface area contributed by atoms with Gasteiger partial charge < -0.3 is 30.0 Å². The molecule has 0 fully saturated rings. The molecule has 0 aliphatic heterocycles. The largest absolute Gasteiger partial charge is 0.484 e. The molecule has 1 unspecified atom stereocenters. The highest BCUT2D eigenvalue weighted by Gasteiger charge is 2.21. The summed E-state index contributed by atoms with van der Waals surface area (Å²) in [6.07, 6.45) is -0.890. The Bertz CT molecular complexity index is 976. The fourth-order valence-electron chi connectivity index (χ4n) is 2.94. The van der Waals surface area contributed by atoms with E-state index in [9.17, 15) is 19.5 Å². The molecule has 0 saturated carbocycles. The number of aliphatic hydroxyl groups excluding tert-OH is 1. The monoisotopic (exact) mass is 472 g/mol. The van der Waals surface area contributed by atoms with E-state index in [1.165, 1.54) is 13.8 Å². The van der Waals surface area contributed by atoms with Crippen molar-refractivity contribution in [2.24, 2.45) is 0 Å². The third kappa shape index (κ3) is 9.60. The van der Waals surface area contributed by atoms with Crippen molar-refractivity contribution in [3.05, 3.63) is 59.7 Å². The maximum atomic E-state index is 12.1. The SMILES string of the molecule is CC(=O)OCc1cc(C(O)CNC(C)(C)CNC(=O)COc2ccccc2)ccc1OC(C)=O. The van der Waals surface area contributed by atoms with Crippen LogP contribution in [0.2, 0.25) is 0 Å². The highest BCUT2D eigenvalue weighted by molar-refractivity contribution is 5.77. The first-order chi connectivity index (χ1) is 16.1. The summed E-state index contributed by atoms with van der Waals surface area (Å²) < 4.78 is 15.6. The zero-order valence-electron chi connectivity index (χ0n) is 19.9. The number of β-amino-alcohol motifs (C(OH)–C–C–N with tert-alkyl or cyclic N) is 1. The number of hydrogen-bond acceptors (Lipinski definition) is 8. The van der Waals surface area contributed by atoms with E-state index in [4.69, 9.17) is 14.2 Å². The van der Waals surface area contributed by atoms with Crippen LogP contribution in [0.1, 0.15) is 44.9 Å². The third-order valence-electron chi connectivity index (χ3n) is 4.77. The van der Waals surface area contributed by atoms with Gasteiger partial charge in [0.15, 0.2) is 6.61 Å². The van der Waals surface area contributed by atoms with Gasteiger partial charge in [0.25, 0.3) is 5.91 Å². The molecule has 0 heterocycles. The molecule has 0 spiro atoms. The molecular weight excluding hydrogens is 440 g/mol. The molecule has 2 aromatic rings. The number of ether oxygens (including phenoxy) is 3. The van der Waals surface area contributed by atoms with E-state index in [-0.39, 0.29) is 31.4 Å². The first-order valence-corrected chi connectivity index (χ1v) is 10.9. The van der Waals surface area contributed by atoms with E-state index in [0.717, 1.165) is 0 Å². The lowest BCUT2D eigenvalue weighted by Crippen LogP contribution is -2.50. The van der Waals surface area contributed by atoms with E-state index in [1.807, 2.05) is 32.0 Å². The van der Waals surface area contributed by atoms with Crippen molar-refractivity contribution in [1.29, 1.82) is 0 Å². The molecular formula is C25H32N2O7. The van der Waals surface area contributed by atoms with Crippen LogP contribution < -0.4 is 20.1 Å². The third-order valence-corrected chi connectivity index (χ3v) is 4.77. The molecule has 0 saturated heterocycles. The molecule has 34 heavy (non-hydrogen) atoms. The van der Waals surface area contributed by atoms with Crippen LogP contribution in [0.5, 0.6) is 11.5 Å². The Kier molecular flexibility index (Phi) is 10.0. The van der Waals surface area contributed by atoms with Gasteiger partial charge in [-0.25, -0.2) is 0 Å². The van der Waals surface area contributed by atoms with Crippen molar-refractivity contribution in [3.63, 3.8) is 0 Å². The summed E-state index contributed by atoms with van der Waals surface area (Å²) in [6.45, 7) is 6.68. The number of benzene rings is 2. The highest BCUT2D eigenvalue weighted by Crippen LogP contribution is 2.25. The van der Waals surface area contributed by atoms with Crippen LogP contribution in [0.4, 0.5) is 0 Å². The number of aliphatic hydroxyl groups is 1. The van der Waals surface area contributed by atoms with Gasteiger partial charge in [-0.15, -0.1) is 0 Å². The molecule has 1 atom stereocenters. The zero-order valence-corrected chi connectivity index (χ0v) is 19.9. The minimum absolute atomic E-state index is 0.0888. The lowest BCUT2D eigenvalue weighted by Gasteiger charge is -2.28. The Labute approximate surface area is 199 Å². The quantitative estimate of drug-likeness (QED) is 0.318. The van der Waals surface area contributed by atoms with Crippen LogP contribution in [-0.2, 0) is 25.7 Å². The molecule has 3 N–H and O–H groups in total. The maximum Gasteiger partial charge on any atom is 0.308 e. The average Bonchev–Trinajstić information content (AvgIpc) is 2.79. The number of para-hydroxylation sites is 1. The van der Waals surface area contributed by atoms with Gasteiger partial charge >= 0.3 is 11.9 Å². The van der Waals surface area contributed by atoms with Gasteiger partial charge in [0.2, 0.25) is 0 Å². The second-order valence-corrected chi connectivity index (χ2v) is 8.40. The number of carbonyl (C=O) groups excluding carboxylic acids is 3. The smallest absolute Gasteiger partial charge is 0.308 e. The van der Waals surface area contributed by atoms with Crippen molar-refractivity contribution in [1.82, 2.24) is 10.6 Å². The van der Waals surface area contributed by atoms with E-state index in [1.54, 1.807) is 30.3 Å². The molecule has 2 aromatic carbocycles. The summed E-state index contributed by atoms with van der Waals surface area (Å²) in [5.41, 5.74) is 0.510. The summed E-state index contributed by atoms with van der Waals surface area (Å²) in [5.74, 6) is -0.351. The predicted molar refractivity (Wildman–Crippen MR) is 125 cm³/mol. The summed E-state index contributed by atoms with van der Waals surface area (Å²) in [4.78, 5) is 34.6. The first kappa shape index (κ1) is 26.8. The molecule has 0 radical (unpaired) electrons. The van der Waals surface area contributed by atoms with Crippen LogP contribution >= 0.6 is 0 Å². The second kappa shape index (κ2) is 12.7. The fourth-order valence-corrected chi connectivity index (χ4v) is 2.94. The normalized spacial score (nSPS) is 11.9. The summed E-state index contributed by atoms with van der Waals surface area (Å²) in [6, 6.07) is 13.9. The van der Waals surface area contributed by atoms with Crippen molar-refractivity contribution in [3.8, 4) is 11.5 Å². The standard InChI is InChI=1S/C25H32N2O7/c1-17(28)32-14-20-12-19(10-11-23(20)34-18(2)29)22(30)13-27-25(3,4)16-26-24(31)15-33-21-8-6-5-7-9-21/h5-12,22,27,30H,13-16H2,1-4H3,(H,26,31). The summed E-state index contributed by atoms with van der Waals surface area (Å²) in [7, 11) is 0. The Balaban J connectivity index is 1.89. The maximum absolute atomic E-state index is 12.1. The minimum atomic E-state index is -0.890. The van der Waals surface area contributed by atoms with Gasteiger partial charge in [0.05, 0.1) is 6.10 Å². The molecule has 0 aromatic heterocycles. The predicted octanol–water partition coefficient (Wildman–Crippen LogP) is 2.27. The van der Waals surface area contributed by atoms with Crippen molar-refractivity contribution >= 4 is 17.8 Å². The van der Waals surface area contributed by atoms with Crippen molar-refractivity contribution in [2.45, 2.75) is 45.9 Å². The average molecular weight is 473 g/mol. The molecule has 0 bridgehead atoms. The van der Waals surface area contributed by atoms with Gasteiger partial charge in [-0.2, -0.15) is 0 Å². The van der Waals surface area contributed by atoms with E-state index >= 15 is 0 Å². The van der Waals surface area contributed by atoms with Crippen LogP contribution in [0.15, 0.2) is 48.5 Å². The number of carbonyl (C=O) groups is 3. The van der Waals surface area contributed by atoms with E-state index in [0.29, 0.717) is 23.4 Å². The highest BCUT2D eigenvalue weighted by atomic mass is 16.5. The van der Waals surface area contributed by atoms with Gasteiger partial charge in [-0.05, 0) is 43.7 Å². The lowest BCUT2D eigenvalue weighted by molar-refractivity contribution is -0.142. The van der Waals surface area contributed by atoms with E-state index in [2.05, 4.69) is 10.6 Å². The van der Waals surface area contributed by atoms with Crippen molar-refractivity contribution in [2.75, 3.05) is 19.7 Å². The number of rotatable bonds is 12. The number of esters is 2. The van der Waals surface area contributed by atoms with E-state index < -0.39 is 23.6 Å². The topological polar surface area (TPSA) is 123 Å². The number of nitrogens with one attached hydrogen (secondary N) is 2.